The number of nitrogens with zero attached hydrogens (tertiary/aromatic N) is 2. The summed E-state index contributed by atoms with van der Waals surface area (Å²) in [4.78, 5) is 0. The lowest BCUT2D eigenvalue weighted by Gasteiger charge is -2.03. The van der Waals surface area contributed by atoms with Gasteiger partial charge in [-0.05, 0) is 6.07 Å². The van der Waals surface area contributed by atoms with Crippen LogP contribution < -0.4 is 0 Å². The lowest BCUT2D eigenvalue weighted by atomic mass is 10.3. The monoisotopic (exact) mass is 144 g/mol. The SMILES string of the molecule is Cn1nccc1C(F)CO. The maximum absolute atomic E-state index is 12.6. The number of aliphatic hydroxyl groups excluding tert-OH is 1. The first-order valence-corrected chi connectivity index (χ1v) is 2.98. The van der Waals surface area contributed by atoms with Gasteiger partial charge in [-0.2, -0.15) is 5.10 Å². The first-order chi connectivity index (χ1) is 4.75. The van der Waals surface area contributed by atoms with Gasteiger partial charge >= 0.3 is 0 Å². The van der Waals surface area contributed by atoms with Crippen molar-refractivity contribution in [3.8, 4) is 0 Å². The molecule has 0 saturated carbocycles. The number of aliphatic hydroxyl groups is 1. The van der Waals surface area contributed by atoms with E-state index in [1.807, 2.05) is 0 Å². The third kappa shape index (κ3) is 1.16. The Morgan fingerprint density at radius 1 is 1.90 bits per heavy atom. The Balaban J connectivity index is 2.82. The molecule has 4 heteroatoms. The summed E-state index contributed by atoms with van der Waals surface area (Å²) in [6.45, 7) is -0.487. The Hall–Kier alpha value is -0.900. The molecular formula is C6H9FN2O. The number of hydrogen-bond donors (Lipinski definition) is 1. The highest BCUT2D eigenvalue weighted by atomic mass is 19.1. The summed E-state index contributed by atoms with van der Waals surface area (Å²) in [6, 6.07) is 1.54. The summed E-state index contributed by atoms with van der Waals surface area (Å²) in [5.41, 5.74) is 0.405. The number of aryl methyl sites for hydroxylation is 1. The van der Waals surface area contributed by atoms with Crippen LogP contribution in [0, 0.1) is 0 Å². The van der Waals surface area contributed by atoms with Gasteiger partial charge in [0, 0.05) is 13.2 Å². The van der Waals surface area contributed by atoms with E-state index in [0.717, 1.165) is 0 Å². The van der Waals surface area contributed by atoms with Gasteiger partial charge in [0.05, 0.1) is 12.3 Å². The molecule has 0 spiro atoms. The molecule has 0 aliphatic carbocycles. The molecule has 1 aromatic heterocycles. The Morgan fingerprint density at radius 2 is 2.60 bits per heavy atom. The van der Waals surface area contributed by atoms with E-state index in [-0.39, 0.29) is 0 Å². The van der Waals surface area contributed by atoms with Crippen molar-refractivity contribution in [2.75, 3.05) is 6.61 Å². The lowest BCUT2D eigenvalue weighted by molar-refractivity contribution is 0.173. The normalized spacial score (nSPS) is 13.5. The van der Waals surface area contributed by atoms with Crippen LogP contribution in [-0.4, -0.2) is 21.5 Å². The Labute approximate surface area is 58.1 Å². The molecule has 1 N–H and O–H groups in total. The van der Waals surface area contributed by atoms with Gasteiger partial charge in [-0.15, -0.1) is 0 Å². The minimum absolute atomic E-state index is 0.405. The van der Waals surface area contributed by atoms with E-state index in [2.05, 4.69) is 5.10 Å². The predicted molar refractivity (Wildman–Crippen MR) is 34.1 cm³/mol. The molecule has 1 rings (SSSR count). The summed E-state index contributed by atoms with van der Waals surface area (Å²) in [5.74, 6) is 0. The Bertz CT molecular complexity index is 211. The molecule has 1 aromatic rings. The molecule has 0 bridgehead atoms. The van der Waals surface area contributed by atoms with Crippen molar-refractivity contribution in [2.45, 2.75) is 6.17 Å². The van der Waals surface area contributed by atoms with Crippen molar-refractivity contribution in [3.63, 3.8) is 0 Å². The minimum Gasteiger partial charge on any atom is -0.393 e. The number of aromatic nitrogens is 2. The second-order valence-corrected chi connectivity index (χ2v) is 2.03. The van der Waals surface area contributed by atoms with Crippen molar-refractivity contribution < 1.29 is 9.50 Å². The van der Waals surface area contributed by atoms with Crippen molar-refractivity contribution >= 4 is 0 Å². The zero-order chi connectivity index (χ0) is 7.56. The molecule has 10 heavy (non-hydrogen) atoms. The third-order valence-electron chi connectivity index (χ3n) is 1.34. The molecule has 3 nitrogen and oxygen atoms in total. The quantitative estimate of drug-likeness (QED) is 0.653. The summed E-state index contributed by atoms with van der Waals surface area (Å²) in [7, 11) is 1.64. The summed E-state index contributed by atoms with van der Waals surface area (Å²) >= 11 is 0. The molecule has 1 unspecified atom stereocenters. The fraction of sp³-hybridized carbons (Fsp3) is 0.500. The van der Waals surface area contributed by atoms with Crippen LogP contribution in [0.5, 0.6) is 0 Å². The molecule has 0 aliphatic heterocycles. The van der Waals surface area contributed by atoms with E-state index in [9.17, 15) is 4.39 Å². The smallest absolute Gasteiger partial charge is 0.164 e. The zero-order valence-corrected chi connectivity index (χ0v) is 5.66. The molecule has 1 atom stereocenters. The van der Waals surface area contributed by atoms with Gasteiger partial charge in [-0.1, -0.05) is 0 Å². The van der Waals surface area contributed by atoms with Crippen molar-refractivity contribution in [3.05, 3.63) is 18.0 Å². The summed E-state index contributed by atoms with van der Waals surface area (Å²) in [5, 5.41) is 12.2. The van der Waals surface area contributed by atoms with Crippen LogP contribution >= 0.6 is 0 Å². The van der Waals surface area contributed by atoms with Gasteiger partial charge in [0.25, 0.3) is 0 Å². The Kier molecular flexibility index (Phi) is 2.01. The maximum atomic E-state index is 12.6. The number of rotatable bonds is 2. The molecule has 0 aliphatic rings. The second-order valence-electron chi connectivity index (χ2n) is 2.03. The molecule has 0 saturated heterocycles. The molecule has 0 fully saturated rings. The highest BCUT2D eigenvalue weighted by molar-refractivity contribution is 5.03. The molecule has 0 radical (unpaired) electrons. The van der Waals surface area contributed by atoms with Gasteiger partial charge in [-0.3, -0.25) is 4.68 Å². The highest BCUT2D eigenvalue weighted by Gasteiger charge is 2.10. The van der Waals surface area contributed by atoms with E-state index in [1.54, 1.807) is 13.1 Å². The van der Waals surface area contributed by atoms with Gasteiger partial charge in [0.2, 0.25) is 0 Å². The van der Waals surface area contributed by atoms with E-state index < -0.39 is 12.8 Å². The third-order valence-corrected chi connectivity index (χ3v) is 1.34. The Morgan fingerprint density at radius 3 is 3.00 bits per heavy atom. The van der Waals surface area contributed by atoms with Crippen molar-refractivity contribution in [1.29, 1.82) is 0 Å². The van der Waals surface area contributed by atoms with Crippen LogP contribution in [0.2, 0.25) is 0 Å². The standard InChI is InChI=1S/C6H9FN2O/c1-9-6(2-3-8-9)5(7)4-10/h2-3,5,10H,4H2,1H3. The topological polar surface area (TPSA) is 38.0 Å². The van der Waals surface area contributed by atoms with E-state index in [4.69, 9.17) is 5.11 Å². The zero-order valence-electron chi connectivity index (χ0n) is 5.66. The van der Waals surface area contributed by atoms with E-state index >= 15 is 0 Å². The first kappa shape index (κ1) is 7.21. The predicted octanol–water partition coefficient (Wildman–Crippen LogP) is 0.423. The second kappa shape index (κ2) is 2.79. The van der Waals surface area contributed by atoms with Crippen molar-refractivity contribution in [1.82, 2.24) is 9.78 Å². The maximum Gasteiger partial charge on any atom is 0.164 e. The average molecular weight is 144 g/mol. The van der Waals surface area contributed by atoms with Gasteiger partial charge < -0.3 is 5.11 Å². The fourth-order valence-electron chi connectivity index (χ4n) is 0.785. The van der Waals surface area contributed by atoms with Crippen LogP contribution in [0.15, 0.2) is 12.3 Å². The summed E-state index contributed by atoms with van der Waals surface area (Å²) in [6.07, 6.45) is 0.185. The van der Waals surface area contributed by atoms with Gasteiger partial charge in [0.1, 0.15) is 0 Å². The largest absolute Gasteiger partial charge is 0.393 e. The lowest BCUT2D eigenvalue weighted by Crippen LogP contribution is -2.04. The highest BCUT2D eigenvalue weighted by Crippen LogP contribution is 2.13. The number of halogens is 1. The van der Waals surface area contributed by atoms with Crippen molar-refractivity contribution in [2.24, 2.45) is 7.05 Å². The summed E-state index contributed by atoms with van der Waals surface area (Å²) < 4.78 is 14.1. The molecule has 0 amide bonds. The van der Waals surface area contributed by atoms with Crippen LogP contribution in [0.25, 0.3) is 0 Å². The molecule has 56 valence electrons. The molecule has 1 heterocycles. The number of alkyl halides is 1. The van der Waals surface area contributed by atoms with Crippen LogP contribution in [0.1, 0.15) is 11.9 Å². The van der Waals surface area contributed by atoms with Crippen LogP contribution in [0.4, 0.5) is 4.39 Å². The minimum atomic E-state index is -1.31. The van der Waals surface area contributed by atoms with Crippen LogP contribution in [0.3, 0.4) is 0 Å². The molecule has 0 aromatic carbocycles. The number of hydrogen-bond acceptors (Lipinski definition) is 2. The van der Waals surface area contributed by atoms with E-state index in [0.29, 0.717) is 5.69 Å². The van der Waals surface area contributed by atoms with Crippen LogP contribution in [-0.2, 0) is 7.05 Å². The first-order valence-electron chi connectivity index (χ1n) is 2.98. The fourth-order valence-corrected chi connectivity index (χ4v) is 0.785. The van der Waals surface area contributed by atoms with Gasteiger partial charge in [0.15, 0.2) is 6.17 Å². The molecular weight excluding hydrogens is 135 g/mol. The van der Waals surface area contributed by atoms with E-state index in [1.165, 1.54) is 10.9 Å². The van der Waals surface area contributed by atoms with Gasteiger partial charge in [-0.25, -0.2) is 4.39 Å². The average Bonchev–Trinajstić information content (AvgIpc) is 2.34.